The molecule has 0 bridgehead atoms. The maximum absolute atomic E-state index is 13.0. The Kier molecular flexibility index (Phi) is 6.66. The summed E-state index contributed by atoms with van der Waals surface area (Å²) in [6, 6.07) is 23.2. The highest BCUT2D eigenvalue weighted by Gasteiger charge is 2.33. The first kappa shape index (κ1) is 20.8. The number of amides is 1. The number of aryl methyl sites for hydroxylation is 2. The van der Waals surface area contributed by atoms with E-state index in [9.17, 15) is 9.90 Å². The lowest BCUT2D eigenvalue weighted by molar-refractivity contribution is -0.141. The Morgan fingerprint density at radius 3 is 2.70 bits per heavy atom. The average Bonchev–Trinajstić information content (AvgIpc) is 3.42. The van der Waals surface area contributed by atoms with Gasteiger partial charge in [0.2, 0.25) is 0 Å². The second-order valence-electron chi connectivity index (χ2n) is 8.19. The lowest BCUT2D eigenvalue weighted by Gasteiger charge is -2.27. The smallest absolute Gasteiger partial charge is 0.251 e. The third-order valence-corrected chi connectivity index (χ3v) is 7.00. The molecule has 1 saturated heterocycles. The molecule has 4 heteroatoms. The van der Waals surface area contributed by atoms with E-state index in [1.165, 1.54) is 26.4 Å². The Morgan fingerprint density at radius 1 is 1.10 bits per heavy atom. The molecule has 2 aromatic carbocycles. The number of rotatable bonds is 7. The van der Waals surface area contributed by atoms with Gasteiger partial charge in [0.25, 0.3) is 5.91 Å². The molecule has 2 atom stereocenters. The molecule has 0 aliphatic carbocycles. The second-order valence-corrected chi connectivity index (χ2v) is 9.44. The summed E-state index contributed by atoms with van der Waals surface area (Å²) in [6.45, 7) is 2.81. The highest BCUT2D eigenvalue weighted by Crippen LogP contribution is 2.33. The van der Waals surface area contributed by atoms with Crippen molar-refractivity contribution in [3.63, 3.8) is 0 Å². The summed E-state index contributed by atoms with van der Waals surface area (Å²) in [5.41, 5.74) is 3.69. The van der Waals surface area contributed by atoms with Crippen LogP contribution in [0.4, 0.5) is 0 Å². The van der Waals surface area contributed by atoms with Crippen LogP contribution in [0.15, 0.2) is 66.7 Å². The minimum absolute atomic E-state index is 0.0891. The molecular formula is C26H29NO2S. The van der Waals surface area contributed by atoms with E-state index in [0.29, 0.717) is 6.42 Å². The van der Waals surface area contributed by atoms with Crippen molar-refractivity contribution in [1.29, 1.82) is 0 Å². The van der Waals surface area contributed by atoms with Crippen molar-refractivity contribution in [1.82, 2.24) is 4.90 Å². The molecule has 1 amide bonds. The Morgan fingerprint density at radius 2 is 1.90 bits per heavy atom. The van der Waals surface area contributed by atoms with Crippen molar-refractivity contribution >= 4 is 17.2 Å². The molecule has 1 aliphatic rings. The minimum atomic E-state index is -0.935. The van der Waals surface area contributed by atoms with Crippen LogP contribution in [0.1, 0.15) is 51.7 Å². The van der Waals surface area contributed by atoms with Crippen molar-refractivity contribution in [2.24, 2.45) is 0 Å². The van der Waals surface area contributed by atoms with Crippen molar-refractivity contribution < 1.29 is 9.90 Å². The first-order valence-corrected chi connectivity index (χ1v) is 11.6. The normalized spacial score (nSPS) is 17.3. The van der Waals surface area contributed by atoms with Gasteiger partial charge in [-0.1, -0.05) is 60.2 Å². The van der Waals surface area contributed by atoms with Gasteiger partial charge in [0.15, 0.2) is 0 Å². The largest absolute Gasteiger partial charge is 0.383 e. The predicted octanol–water partition coefficient (Wildman–Crippen LogP) is 5.30. The SMILES string of the molecule is Cc1cccc(C2CCCN2C(=O)C(O)CCc2ccc(Cc3ccccc3)s2)c1. The predicted molar refractivity (Wildman–Crippen MR) is 123 cm³/mol. The Balaban J connectivity index is 1.33. The first-order chi connectivity index (χ1) is 14.6. The summed E-state index contributed by atoms with van der Waals surface area (Å²) in [4.78, 5) is 17.4. The number of aliphatic hydroxyl groups is 1. The van der Waals surface area contributed by atoms with Crippen LogP contribution in [0, 0.1) is 6.92 Å². The van der Waals surface area contributed by atoms with Crippen LogP contribution in [0.2, 0.25) is 0 Å². The standard InChI is InChI=1S/C26H29NO2S/c1-19-7-5-10-21(17-19)24-11-6-16-27(24)26(29)25(28)15-14-22-12-13-23(30-22)18-20-8-3-2-4-9-20/h2-5,7-10,12-13,17,24-25,28H,6,11,14-16,18H2,1H3. The molecule has 2 unspecified atom stereocenters. The third kappa shape index (κ3) is 5.00. The monoisotopic (exact) mass is 419 g/mol. The number of hydrogen-bond acceptors (Lipinski definition) is 3. The van der Waals surface area contributed by atoms with Gasteiger partial charge in [-0.15, -0.1) is 11.3 Å². The maximum Gasteiger partial charge on any atom is 0.251 e. The fourth-order valence-electron chi connectivity index (χ4n) is 4.30. The molecule has 0 saturated carbocycles. The third-order valence-electron chi connectivity index (χ3n) is 5.85. The number of hydrogen-bond donors (Lipinski definition) is 1. The van der Waals surface area contributed by atoms with Gasteiger partial charge in [0, 0.05) is 22.7 Å². The van der Waals surface area contributed by atoms with E-state index in [4.69, 9.17) is 0 Å². The zero-order chi connectivity index (χ0) is 20.9. The van der Waals surface area contributed by atoms with Crippen molar-refractivity contribution in [2.45, 2.75) is 51.2 Å². The first-order valence-electron chi connectivity index (χ1n) is 10.8. The molecule has 1 N–H and O–H groups in total. The molecule has 3 aromatic rings. The van der Waals surface area contributed by atoms with Gasteiger partial charge in [-0.3, -0.25) is 4.79 Å². The van der Waals surface area contributed by atoms with Gasteiger partial charge in [-0.25, -0.2) is 0 Å². The summed E-state index contributed by atoms with van der Waals surface area (Å²) >= 11 is 1.78. The second kappa shape index (κ2) is 9.59. The molecule has 2 heterocycles. The van der Waals surface area contributed by atoms with Crippen LogP contribution in [-0.4, -0.2) is 28.6 Å². The molecule has 4 rings (SSSR count). The zero-order valence-corrected chi connectivity index (χ0v) is 18.3. The molecule has 156 valence electrons. The lowest BCUT2D eigenvalue weighted by atomic mass is 10.0. The minimum Gasteiger partial charge on any atom is -0.383 e. The van der Waals surface area contributed by atoms with E-state index in [1.54, 1.807) is 11.3 Å². The van der Waals surface area contributed by atoms with Gasteiger partial charge in [-0.05, 0) is 55.9 Å². The topological polar surface area (TPSA) is 40.5 Å². The molecule has 3 nitrogen and oxygen atoms in total. The number of nitrogens with zero attached hydrogens (tertiary/aromatic N) is 1. The number of benzene rings is 2. The van der Waals surface area contributed by atoms with E-state index < -0.39 is 6.10 Å². The molecule has 30 heavy (non-hydrogen) atoms. The highest BCUT2D eigenvalue weighted by atomic mass is 32.1. The van der Waals surface area contributed by atoms with Gasteiger partial charge in [0.1, 0.15) is 6.10 Å². The van der Waals surface area contributed by atoms with Gasteiger partial charge >= 0.3 is 0 Å². The Labute approximate surface area is 183 Å². The van der Waals surface area contributed by atoms with E-state index >= 15 is 0 Å². The van der Waals surface area contributed by atoms with Crippen LogP contribution in [0.25, 0.3) is 0 Å². The molecule has 0 radical (unpaired) electrons. The average molecular weight is 420 g/mol. The van der Waals surface area contributed by atoms with Crippen molar-refractivity contribution in [2.75, 3.05) is 6.54 Å². The van der Waals surface area contributed by atoms with Gasteiger partial charge < -0.3 is 10.0 Å². The van der Waals surface area contributed by atoms with Crippen molar-refractivity contribution in [3.8, 4) is 0 Å². The molecule has 0 spiro atoms. The van der Waals surface area contributed by atoms with E-state index in [0.717, 1.165) is 32.2 Å². The van der Waals surface area contributed by atoms with Gasteiger partial charge in [-0.2, -0.15) is 0 Å². The number of carbonyl (C=O) groups excluding carboxylic acids is 1. The quantitative estimate of drug-likeness (QED) is 0.564. The van der Waals surface area contributed by atoms with Crippen LogP contribution >= 0.6 is 11.3 Å². The number of thiophene rings is 1. The molecule has 1 fully saturated rings. The van der Waals surface area contributed by atoms with Crippen LogP contribution in [-0.2, 0) is 17.6 Å². The Hall–Kier alpha value is -2.43. The maximum atomic E-state index is 13.0. The summed E-state index contributed by atoms with van der Waals surface area (Å²) in [5.74, 6) is -0.125. The van der Waals surface area contributed by atoms with Crippen LogP contribution in [0.5, 0.6) is 0 Å². The molecule has 1 aliphatic heterocycles. The summed E-state index contributed by atoms with van der Waals surface area (Å²) in [7, 11) is 0. The summed E-state index contributed by atoms with van der Waals surface area (Å²) in [6.07, 6.45) is 3.16. The molecule has 1 aromatic heterocycles. The van der Waals surface area contributed by atoms with Crippen LogP contribution in [0.3, 0.4) is 0 Å². The van der Waals surface area contributed by atoms with E-state index in [2.05, 4.69) is 61.5 Å². The highest BCUT2D eigenvalue weighted by molar-refractivity contribution is 7.12. The van der Waals surface area contributed by atoms with Crippen LogP contribution < -0.4 is 0 Å². The lowest BCUT2D eigenvalue weighted by Crippen LogP contribution is -2.39. The number of likely N-dealkylation sites (tertiary alicyclic amines) is 1. The fourth-order valence-corrected chi connectivity index (χ4v) is 5.36. The zero-order valence-electron chi connectivity index (χ0n) is 17.5. The van der Waals surface area contributed by atoms with E-state index in [1.807, 2.05) is 17.0 Å². The van der Waals surface area contributed by atoms with Gasteiger partial charge in [0.05, 0.1) is 6.04 Å². The number of carbonyl (C=O) groups is 1. The Bertz CT molecular complexity index is 981. The fraction of sp³-hybridized carbons (Fsp3) is 0.346. The van der Waals surface area contributed by atoms with E-state index in [-0.39, 0.29) is 11.9 Å². The summed E-state index contributed by atoms with van der Waals surface area (Å²) < 4.78 is 0. The molecular weight excluding hydrogens is 390 g/mol. The summed E-state index contributed by atoms with van der Waals surface area (Å²) in [5, 5.41) is 10.6. The number of aliphatic hydroxyl groups excluding tert-OH is 1. The van der Waals surface area contributed by atoms with Crippen molar-refractivity contribution in [3.05, 3.63) is 93.2 Å².